The van der Waals surface area contributed by atoms with Gasteiger partial charge in [0, 0.05) is 25.1 Å². The summed E-state index contributed by atoms with van der Waals surface area (Å²) in [5.74, 6) is -0.864. The van der Waals surface area contributed by atoms with E-state index in [0.717, 1.165) is 5.69 Å². The van der Waals surface area contributed by atoms with Crippen molar-refractivity contribution in [2.24, 2.45) is 0 Å². The van der Waals surface area contributed by atoms with E-state index in [4.69, 9.17) is 9.84 Å². The van der Waals surface area contributed by atoms with Crippen LogP contribution in [0.5, 0.6) is 0 Å². The molecule has 1 amide bonds. The van der Waals surface area contributed by atoms with E-state index in [1.54, 1.807) is 4.90 Å². The van der Waals surface area contributed by atoms with Crippen molar-refractivity contribution in [3.8, 4) is 0 Å². The Bertz CT molecular complexity index is 432. The minimum absolute atomic E-state index is 0.0310. The molecule has 1 aliphatic rings. The SMILES string of the molecule is O=C(O)CCC1CCN(c2ccccc2)C(=O)O1. The first-order valence-electron chi connectivity index (χ1n) is 5.92. The summed E-state index contributed by atoms with van der Waals surface area (Å²) in [4.78, 5) is 23.8. The number of rotatable bonds is 4. The molecule has 2 rings (SSSR count). The quantitative estimate of drug-likeness (QED) is 0.888. The predicted molar refractivity (Wildman–Crippen MR) is 65.5 cm³/mol. The number of cyclic esters (lactones) is 1. The molecule has 96 valence electrons. The van der Waals surface area contributed by atoms with Gasteiger partial charge in [-0.05, 0) is 18.6 Å². The summed E-state index contributed by atoms with van der Waals surface area (Å²) in [6, 6.07) is 9.30. The summed E-state index contributed by atoms with van der Waals surface area (Å²) >= 11 is 0. The molecule has 1 N–H and O–H groups in total. The van der Waals surface area contributed by atoms with Gasteiger partial charge in [0.1, 0.15) is 6.10 Å². The molecule has 0 spiro atoms. The predicted octanol–water partition coefficient (Wildman–Crippen LogP) is 2.27. The molecule has 1 saturated heterocycles. The number of anilines is 1. The Balaban J connectivity index is 1.93. The molecule has 0 radical (unpaired) electrons. The second kappa shape index (κ2) is 5.53. The molecule has 18 heavy (non-hydrogen) atoms. The van der Waals surface area contributed by atoms with Crippen molar-refractivity contribution in [1.29, 1.82) is 0 Å². The highest BCUT2D eigenvalue weighted by atomic mass is 16.6. The Morgan fingerprint density at radius 1 is 1.39 bits per heavy atom. The molecule has 1 aromatic carbocycles. The average Bonchev–Trinajstić information content (AvgIpc) is 2.37. The Hall–Kier alpha value is -2.04. The molecule has 0 aromatic heterocycles. The lowest BCUT2D eigenvalue weighted by Gasteiger charge is -2.31. The lowest BCUT2D eigenvalue weighted by molar-refractivity contribution is -0.137. The maximum absolute atomic E-state index is 11.8. The number of amides is 1. The highest BCUT2D eigenvalue weighted by Gasteiger charge is 2.28. The van der Waals surface area contributed by atoms with Crippen LogP contribution >= 0.6 is 0 Å². The highest BCUT2D eigenvalue weighted by molar-refractivity contribution is 5.88. The topological polar surface area (TPSA) is 66.8 Å². The van der Waals surface area contributed by atoms with Crippen molar-refractivity contribution < 1.29 is 19.4 Å². The highest BCUT2D eigenvalue weighted by Crippen LogP contribution is 2.22. The number of carboxylic acids is 1. The van der Waals surface area contributed by atoms with Crippen LogP contribution in [0.3, 0.4) is 0 Å². The molecular weight excluding hydrogens is 234 g/mol. The fourth-order valence-corrected chi connectivity index (χ4v) is 1.96. The van der Waals surface area contributed by atoms with E-state index in [0.29, 0.717) is 19.4 Å². The van der Waals surface area contributed by atoms with Crippen molar-refractivity contribution in [3.05, 3.63) is 30.3 Å². The molecule has 0 bridgehead atoms. The van der Waals surface area contributed by atoms with Gasteiger partial charge in [-0.1, -0.05) is 18.2 Å². The van der Waals surface area contributed by atoms with Gasteiger partial charge < -0.3 is 9.84 Å². The van der Waals surface area contributed by atoms with Crippen LogP contribution in [0.4, 0.5) is 10.5 Å². The molecule has 0 aliphatic carbocycles. The van der Waals surface area contributed by atoms with Gasteiger partial charge in [-0.25, -0.2) is 4.79 Å². The largest absolute Gasteiger partial charge is 0.481 e. The lowest BCUT2D eigenvalue weighted by Crippen LogP contribution is -2.42. The summed E-state index contributed by atoms with van der Waals surface area (Å²) in [5.41, 5.74) is 0.805. The van der Waals surface area contributed by atoms with E-state index < -0.39 is 12.1 Å². The zero-order chi connectivity index (χ0) is 13.0. The number of carbonyl (C=O) groups excluding carboxylic acids is 1. The van der Waals surface area contributed by atoms with Gasteiger partial charge in [0.25, 0.3) is 0 Å². The van der Waals surface area contributed by atoms with Crippen molar-refractivity contribution in [2.75, 3.05) is 11.4 Å². The van der Waals surface area contributed by atoms with Crippen LogP contribution < -0.4 is 4.90 Å². The van der Waals surface area contributed by atoms with Crippen LogP contribution in [-0.4, -0.2) is 29.8 Å². The number of hydrogen-bond donors (Lipinski definition) is 1. The standard InChI is InChI=1S/C13H15NO4/c15-12(16)7-6-11-8-9-14(13(17)18-11)10-4-2-1-3-5-10/h1-5,11H,6-9H2,(H,15,16). The molecule has 1 fully saturated rings. The number of para-hydroxylation sites is 1. The number of carboxylic acid groups (broad SMARTS) is 1. The van der Waals surface area contributed by atoms with Gasteiger partial charge >= 0.3 is 12.1 Å². The third-order valence-corrected chi connectivity index (χ3v) is 2.91. The Morgan fingerprint density at radius 3 is 2.72 bits per heavy atom. The molecule has 5 heteroatoms. The van der Waals surface area contributed by atoms with Gasteiger partial charge in [-0.2, -0.15) is 0 Å². The molecule has 1 unspecified atom stereocenters. The second-order valence-corrected chi connectivity index (χ2v) is 4.21. The zero-order valence-corrected chi connectivity index (χ0v) is 9.91. The fourth-order valence-electron chi connectivity index (χ4n) is 1.96. The number of hydrogen-bond acceptors (Lipinski definition) is 3. The fraction of sp³-hybridized carbons (Fsp3) is 0.385. The van der Waals surface area contributed by atoms with E-state index in [1.165, 1.54) is 0 Å². The number of ether oxygens (including phenoxy) is 1. The first kappa shape index (κ1) is 12.4. The second-order valence-electron chi connectivity index (χ2n) is 4.21. The molecule has 1 atom stereocenters. The van der Waals surface area contributed by atoms with E-state index in [1.807, 2.05) is 30.3 Å². The van der Waals surface area contributed by atoms with Crippen LogP contribution in [0.2, 0.25) is 0 Å². The molecule has 1 aliphatic heterocycles. The normalized spacial score (nSPS) is 19.4. The Morgan fingerprint density at radius 2 is 2.11 bits per heavy atom. The maximum Gasteiger partial charge on any atom is 0.414 e. The Labute approximate surface area is 105 Å². The number of benzene rings is 1. The van der Waals surface area contributed by atoms with E-state index in [-0.39, 0.29) is 12.5 Å². The molecule has 1 heterocycles. The van der Waals surface area contributed by atoms with E-state index in [9.17, 15) is 9.59 Å². The van der Waals surface area contributed by atoms with Crippen LogP contribution in [0.25, 0.3) is 0 Å². The van der Waals surface area contributed by atoms with Gasteiger partial charge in [0.2, 0.25) is 0 Å². The molecular formula is C13H15NO4. The number of carbonyl (C=O) groups is 2. The lowest BCUT2D eigenvalue weighted by atomic mass is 10.1. The maximum atomic E-state index is 11.8. The summed E-state index contributed by atoms with van der Waals surface area (Å²) in [6.45, 7) is 0.563. The first-order chi connectivity index (χ1) is 8.66. The van der Waals surface area contributed by atoms with Gasteiger partial charge in [0.15, 0.2) is 0 Å². The van der Waals surface area contributed by atoms with E-state index in [2.05, 4.69) is 0 Å². The van der Waals surface area contributed by atoms with Crippen LogP contribution in [0.15, 0.2) is 30.3 Å². The van der Waals surface area contributed by atoms with Crippen LogP contribution in [0.1, 0.15) is 19.3 Å². The zero-order valence-electron chi connectivity index (χ0n) is 9.91. The van der Waals surface area contributed by atoms with Crippen LogP contribution in [-0.2, 0) is 9.53 Å². The van der Waals surface area contributed by atoms with Crippen molar-refractivity contribution >= 4 is 17.7 Å². The molecule has 0 saturated carbocycles. The summed E-state index contributed by atoms with van der Waals surface area (Å²) in [5, 5.41) is 8.59. The summed E-state index contributed by atoms with van der Waals surface area (Å²) in [7, 11) is 0. The van der Waals surface area contributed by atoms with E-state index >= 15 is 0 Å². The third-order valence-electron chi connectivity index (χ3n) is 2.91. The number of nitrogens with zero attached hydrogens (tertiary/aromatic N) is 1. The van der Waals surface area contributed by atoms with Crippen molar-refractivity contribution in [1.82, 2.24) is 0 Å². The Kier molecular flexibility index (Phi) is 3.82. The van der Waals surface area contributed by atoms with Gasteiger partial charge in [0.05, 0.1) is 0 Å². The first-order valence-corrected chi connectivity index (χ1v) is 5.92. The van der Waals surface area contributed by atoms with Gasteiger partial charge in [-0.15, -0.1) is 0 Å². The average molecular weight is 249 g/mol. The molecule has 5 nitrogen and oxygen atoms in total. The minimum atomic E-state index is -0.864. The number of aliphatic carboxylic acids is 1. The monoisotopic (exact) mass is 249 g/mol. The van der Waals surface area contributed by atoms with Crippen molar-refractivity contribution in [2.45, 2.75) is 25.4 Å². The van der Waals surface area contributed by atoms with Gasteiger partial charge in [-0.3, -0.25) is 9.69 Å². The molecule has 1 aromatic rings. The van der Waals surface area contributed by atoms with Crippen LogP contribution in [0, 0.1) is 0 Å². The summed E-state index contributed by atoms with van der Waals surface area (Å²) in [6.07, 6.45) is 0.386. The van der Waals surface area contributed by atoms with Crippen molar-refractivity contribution in [3.63, 3.8) is 0 Å². The summed E-state index contributed by atoms with van der Waals surface area (Å²) < 4.78 is 5.23. The smallest absolute Gasteiger partial charge is 0.414 e. The minimum Gasteiger partial charge on any atom is -0.481 e. The third kappa shape index (κ3) is 3.00.